The lowest BCUT2D eigenvalue weighted by Gasteiger charge is -2.11. The summed E-state index contributed by atoms with van der Waals surface area (Å²) in [6.07, 6.45) is 0.849. The van der Waals surface area contributed by atoms with Crippen LogP contribution in [0.25, 0.3) is 0 Å². The Balaban J connectivity index is 2.37. The van der Waals surface area contributed by atoms with E-state index in [1.165, 1.54) is 24.0 Å². The zero-order valence-corrected chi connectivity index (χ0v) is 11.4. The van der Waals surface area contributed by atoms with Crippen LogP contribution < -0.4 is 0 Å². The van der Waals surface area contributed by atoms with E-state index < -0.39 is 12.1 Å². The Hall–Kier alpha value is -1.15. The molecule has 6 nitrogen and oxygen atoms in total. The summed E-state index contributed by atoms with van der Waals surface area (Å²) in [7, 11) is 1.57. The molecule has 1 aromatic heterocycles. The zero-order valence-electron chi connectivity index (χ0n) is 10.6. The Morgan fingerprint density at radius 2 is 2.32 bits per heavy atom. The van der Waals surface area contributed by atoms with Gasteiger partial charge in [-0.15, -0.1) is 11.8 Å². The Kier molecular flexibility index (Phi) is 7.42. The molecular weight excluding hydrogens is 270 g/mol. The molecule has 1 rings (SSSR count). The number of rotatable bonds is 9. The van der Waals surface area contributed by atoms with Crippen LogP contribution in [-0.2, 0) is 9.47 Å². The van der Waals surface area contributed by atoms with Gasteiger partial charge >= 0.3 is 5.97 Å². The van der Waals surface area contributed by atoms with Crippen molar-refractivity contribution in [3.63, 3.8) is 0 Å². The van der Waals surface area contributed by atoms with Crippen molar-refractivity contribution in [2.24, 2.45) is 0 Å². The maximum Gasteiger partial charge on any atom is 0.338 e. The number of carbonyl (C=O) groups is 1. The molecule has 0 aliphatic heterocycles. The van der Waals surface area contributed by atoms with Crippen LogP contribution in [0.2, 0.25) is 0 Å². The summed E-state index contributed by atoms with van der Waals surface area (Å²) in [5.41, 5.74) is 0.139. The van der Waals surface area contributed by atoms with Crippen molar-refractivity contribution in [2.45, 2.75) is 11.1 Å². The van der Waals surface area contributed by atoms with Crippen LogP contribution in [-0.4, -0.2) is 60.0 Å². The van der Waals surface area contributed by atoms with E-state index in [-0.39, 0.29) is 12.2 Å². The van der Waals surface area contributed by atoms with Crippen molar-refractivity contribution in [3.8, 4) is 0 Å². The maximum absolute atomic E-state index is 11.0. The fraction of sp³-hybridized carbons (Fsp3) is 0.500. The minimum atomic E-state index is -1.03. The molecule has 0 fully saturated rings. The third-order valence-corrected chi connectivity index (χ3v) is 3.31. The minimum Gasteiger partial charge on any atom is -0.478 e. The monoisotopic (exact) mass is 287 g/mol. The first kappa shape index (κ1) is 15.9. The number of aliphatic hydroxyl groups is 1. The van der Waals surface area contributed by atoms with Crippen LogP contribution in [0.4, 0.5) is 0 Å². The molecule has 0 radical (unpaired) electrons. The number of ether oxygens (including phenoxy) is 2. The SMILES string of the molecule is COCCOCC(O)CSc1ncccc1C(=O)O. The molecule has 19 heavy (non-hydrogen) atoms. The molecule has 1 aromatic rings. The first-order valence-corrected chi connectivity index (χ1v) is 6.69. The summed E-state index contributed by atoms with van der Waals surface area (Å²) in [6.45, 7) is 1.08. The van der Waals surface area contributed by atoms with Crippen LogP contribution >= 0.6 is 11.8 Å². The van der Waals surface area contributed by atoms with Gasteiger partial charge in [0.15, 0.2) is 0 Å². The summed E-state index contributed by atoms with van der Waals surface area (Å²) < 4.78 is 9.98. The van der Waals surface area contributed by atoms with E-state index in [2.05, 4.69) is 4.98 Å². The standard InChI is InChI=1S/C12H17NO5S/c1-17-5-6-18-7-9(14)8-19-11-10(12(15)16)3-2-4-13-11/h2-4,9,14H,5-8H2,1H3,(H,15,16). The largest absolute Gasteiger partial charge is 0.478 e. The highest BCUT2D eigenvalue weighted by Crippen LogP contribution is 2.20. The molecule has 0 amide bonds. The number of hydrogen-bond donors (Lipinski definition) is 2. The van der Waals surface area contributed by atoms with Crippen LogP contribution in [0.5, 0.6) is 0 Å². The lowest BCUT2D eigenvalue weighted by Crippen LogP contribution is -2.19. The Labute approximate surface area is 115 Å². The number of pyridine rings is 1. The van der Waals surface area contributed by atoms with E-state index in [9.17, 15) is 9.90 Å². The molecule has 0 bridgehead atoms. The summed E-state index contributed by atoms with van der Waals surface area (Å²) >= 11 is 1.19. The summed E-state index contributed by atoms with van der Waals surface area (Å²) in [5.74, 6) is -0.703. The van der Waals surface area contributed by atoms with Gasteiger partial charge in [0.2, 0.25) is 0 Å². The van der Waals surface area contributed by atoms with Gasteiger partial charge in [-0.2, -0.15) is 0 Å². The molecule has 0 saturated heterocycles. The van der Waals surface area contributed by atoms with Crippen molar-refractivity contribution in [2.75, 3.05) is 32.7 Å². The fourth-order valence-electron chi connectivity index (χ4n) is 1.25. The highest BCUT2D eigenvalue weighted by molar-refractivity contribution is 7.99. The van der Waals surface area contributed by atoms with Gasteiger partial charge in [0.05, 0.1) is 31.5 Å². The average Bonchev–Trinajstić information content (AvgIpc) is 2.41. The van der Waals surface area contributed by atoms with Gasteiger partial charge in [0, 0.05) is 19.1 Å². The third-order valence-electron chi connectivity index (χ3n) is 2.16. The molecule has 0 saturated carbocycles. The van der Waals surface area contributed by atoms with Crippen LogP contribution in [0, 0.1) is 0 Å². The van der Waals surface area contributed by atoms with Crippen LogP contribution in [0.15, 0.2) is 23.4 Å². The van der Waals surface area contributed by atoms with Crippen molar-refractivity contribution < 1.29 is 24.5 Å². The van der Waals surface area contributed by atoms with E-state index >= 15 is 0 Å². The van der Waals surface area contributed by atoms with Crippen molar-refractivity contribution >= 4 is 17.7 Å². The number of thioether (sulfide) groups is 1. The second-order valence-corrected chi connectivity index (χ2v) is 4.70. The van der Waals surface area contributed by atoms with Gasteiger partial charge in [0.1, 0.15) is 5.03 Å². The molecule has 7 heteroatoms. The number of hydrogen-bond acceptors (Lipinski definition) is 6. The van der Waals surface area contributed by atoms with Gasteiger partial charge < -0.3 is 19.7 Å². The van der Waals surface area contributed by atoms with E-state index in [1.54, 1.807) is 13.2 Å². The van der Waals surface area contributed by atoms with Crippen molar-refractivity contribution in [1.29, 1.82) is 0 Å². The summed E-state index contributed by atoms with van der Waals surface area (Å²) in [6, 6.07) is 3.05. The molecule has 1 atom stereocenters. The predicted octanol–water partition coefficient (Wildman–Crippen LogP) is 0.896. The van der Waals surface area contributed by atoms with Crippen molar-refractivity contribution in [3.05, 3.63) is 23.9 Å². The molecule has 1 unspecified atom stereocenters. The molecule has 2 N–H and O–H groups in total. The second kappa shape index (κ2) is 8.87. The highest BCUT2D eigenvalue weighted by atomic mass is 32.2. The molecule has 1 heterocycles. The molecular formula is C12H17NO5S. The third kappa shape index (κ3) is 6.02. The van der Waals surface area contributed by atoms with Gasteiger partial charge in [0.25, 0.3) is 0 Å². The van der Waals surface area contributed by atoms with Gasteiger partial charge in [-0.25, -0.2) is 9.78 Å². The number of aromatic carboxylic acids is 1. The molecule has 0 aromatic carbocycles. The topological polar surface area (TPSA) is 88.9 Å². The van der Waals surface area contributed by atoms with E-state index in [1.807, 2.05) is 0 Å². The van der Waals surface area contributed by atoms with Gasteiger partial charge in [-0.05, 0) is 12.1 Å². The Morgan fingerprint density at radius 3 is 3.00 bits per heavy atom. The number of methoxy groups -OCH3 is 1. The molecule has 106 valence electrons. The zero-order chi connectivity index (χ0) is 14.1. The second-order valence-electron chi connectivity index (χ2n) is 3.69. The summed E-state index contributed by atoms with van der Waals surface area (Å²) in [5, 5.41) is 19.0. The average molecular weight is 287 g/mol. The van der Waals surface area contributed by atoms with E-state index in [4.69, 9.17) is 14.6 Å². The number of carboxylic acids is 1. The lowest BCUT2D eigenvalue weighted by atomic mass is 10.3. The Bertz CT molecular complexity index is 401. The quantitative estimate of drug-likeness (QED) is 0.515. The first-order chi connectivity index (χ1) is 9.15. The van der Waals surface area contributed by atoms with Crippen molar-refractivity contribution in [1.82, 2.24) is 4.98 Å². The minimum absolute atomic E-state index is 0.139. The molecule has 0 aliphatic carbocycles. The number of nitrogens with zero attached hydrogens (tertiary/aromatic N) is 1. The summed E-state index contributed by atoms with van der Waals surface area (Å²) in [4.78, 5) is 14.9. The van der Waals surface area contributed by atoms with E-state index in [0.717, 1.165) is 0 Å². The van der Waals surface area contributed by atoms with Crippen LogP contribution in [0.1, 0.15) is 10.4 Å². The van der Waals surface area contributed by atoms with E-state index in [0.29, 0.717) is 24.0 Å². The highest BCUT2D eigenvalue weighted by Gasteiger charge is 2.13. The van der Waals surface area contributed by atoms with Crippen LogP contribution in [0.3, 0.4) is 0 Å². The normalized spacial score (nSPS) is 12.3. The number of carboxylic acid groups (broad SMARTS) is 1. The maximum atomic E-state index is 11.0. The number of aliphatic hydroxyl groups excluding tert-OH is 1. The smallest absolute Gasteiger partial charge is 0.338 e. The fourth-order valence-corrected chi connectivity index (χ4v) is 2.15. The molecule has 0 aliphatic rings. The lowest BCUT2D eigenvalue weighted by molar-refractivity contribution is 0.0218. The predicted molar refractivity (Wildman–Crippen MR) is 70.6 cm³/mol. The first-order valence-electron chi connectivity index (χ1n) is 5.71. The number of aromatic nitrogens is 1. The van der Waals surface area contributed by atoms with Gasteiger partial charge in [-0.3, -0.25) is 0 Å². The van der Waals surface area contributed by atoms with Gasteiger partial charge in [-0.1, -0.05) is 0 Å². The molecule has 0 spiro atoms. The Morgan fingerprint density at radius 1 is 1.53 bits per heavy atom.